The summed E-state index contributed by atoms with van der Waals surface area (Å²) in [6, 6.07) is 26.7. The molecule has 3 rings (SSSR count). The van der Waals surface area contributed by atoms with Crippen molar-refractivity contribution in [3.8, 4) is 5.75 Å². The smallest absolute Gasteiger partial charge is 0.311 e. The normalized spacial score (nSPS) is 12.1. The molecule has 6 nitrogen and oxygen atoms in total. The summed E-state index contributed by atoms with van der Waals surface area (Å²) in [5.74, 6) is -0.690. The van der Waals surface area contributed by atoms with Crippen LogP contribution in [0.2, 0.25) is 0 Å². The molecule has 0 amide bonds. The minimum Gasteiger partial charge on any atom is -0.497 e. The van der Waals surface area contributed by atoms with Crippen molar-refractivity contribution in [1.82, 2.24) is 0 Å². The Bertz CT molecular complexity index is 1190. The number of ketones is 2. The Morgan fingerprint density at radius 3 is 1.50 bits per heavy atom. The molecule has 0 saturated heterocycles. The molecular weight excluding hydrogens is 480 g/mol. The number of Topliss-reactive ketones (excluding diaryl/α,β-unsaturated/α-hetero) is 2. The van der Waals surface area contributed by atoms with Crippen LogP contribution in [0.25, 0.3) is 0 Å². The van der Waals surface area contributed by atoms with Gasteiger partial charge in [0.05, 0.1) is 19.1 Å². The van der Waals surface area contributed by atoms with E-state index >= 15 is 0 Å². The Balaban J connectivity index is 2.18. The predicted molar refractivity (Wildman–Crippen MR) is 146 cm³/mol. The summed E-state index contributed by atoms with van der Waals surface area (Å²) >= 11 is 0. The number of carbonyl (C=O) groups is 3. The first-order chi connectivity index (χ1) is 18.0. The molecule has 0 atom stereocenters. The van der Waals surface area contributed by atoms with Gasteiger partial charge in [0.2, 0.25) is 0 Å². The summed E-state index contributed by atoms with van der Waals surface area (Å²) in [6.07, 6.45) is 0. The lowest BCUT2D eigenvalue weighted by Gasteiger charge is -2.39. The maximum Gasteiger partial charge on any atom is 0.311 e. The van der Waals surface area contributed by atoms with E-state index < -0.39 is 40.6 Å². The number of ether oxygens (including phenoxy) is 3. The summed E-state index contributed by atoms with van der Waals surface area (Å²) < 4.78 is 17.7. The zero-order valence-electron chi connectivity index (χ0n) is 22.9. The third kappa shape index (κ3) is 5.86. The van der Waals surface area contributed by atoms with Crippen molar-refractivity contribution in [2.24, 2.45) is 10.8 Å². The summed E-state index contributed by atoms with van der Waals surface area (Å²) in [4.78, 5) is 38.7. The lowest BCUT2D eigenvalue weighted by atomic mass is 9.78. The maximum atomic E-state index is 13.1. The van der Waals surface area contributed by atoms with Crippen molar-refractivity contribution < 1.29 is 28.6 Å². The van der Waals surface area contributed by atoms with E-state index in [-0.39, 0.29) is 6.61 Å². The number of rotatable bonds is 11. The highest BCUT2D eigenvalue weighted by Gasteiger charge is 2.47. The van der Waals surface area contributed by atoms with Crippen LogP contribution in [0.5, 0.6) is 5.75 Å². The molecule has 3 aromatic rings. The van der Waals surface area contributed by atoms with E-state index in [1.54, 1.807) is 27.9 Å². The molecule has 0 heterocycles. The van der Waals surface area contributed by atoms with E-state index in [4.69, 9.17) is 14.2 Å². The second kappa shape index (κ2) is 11.7. The van der Waals surface area contributed by atoms with Crippen molar-refractivity contribution in [2.75, 3.05) is 20.3 Å². The van der Waals surface area contributed by atoms with E-state index in [1.165, 1.54) is 13.8 Å². The van der Waals surface area contributed by atoms with Crippen LogP contribution in [-0.2, 0) is 29.5 Å². The SMILES string of the molecule is COc1ccc(C(OCC(COC(=O)C(C)(C)C)(C(C)=O)C(C)=O)(c2ccccc2)c2ccccc2)cc1. The molecule has 200 valence electrons. The molecule has 0 radical (unpaired) electrons. The predicted octanol–water partition coefficient (Wildman–Crippen LogP) is 5.76. The third-order valence-corrected chi connectivity index (χ3v) is 6.80. The third-order valence-electron chi connectivity index (χ3n) is 6.80. The van der Waals surface area contributed by atoms with Crippen LogP contribution < -0.4 is 4.74 Å². The first-order valence-corrected chi connectivity index (χ1v) is 12.6. The Hall–Kier alpha value is -3.77. The van der Waals surface area contributed by atoms with Gasteiger partial charge in [-0.05, 0) is 63.4 Å². The van der Waals surface area contributed by atoms with Gasteiger partial charge in [0, 0.05) is 0 Å². The fourth-order valence-corrected chi connectivity index (χ4v) is 4.25. The van der Waals surface area contributed by atoms with E-state index in [9.17, 15) is 14.4 Å². The van der Waals surface area contributed by atoms with E-state index in [0.29, 0.717) is 5.75 Å². The Morgan fingerprint density at radius 1 is 0.658 bits per heavy atom. The number of methoxy groups -OCH3 is 1. The lowest BCUT2D eigenvalue weighted by molar-refractivity contribution is -0.165. The fourth-order valence-electron chi connectivity index (χ4n) is 4.25. The first-order valence-electron chi connectivity index (χ1n) is 12.6. The number of esters is 1. The van der Waals surface area contributed by atoms with Crippen molar-refractivity contribution in [3.63, 3.8) is 0 Å². The molecule has 0 aromatic heterocycles. The Morgan fingerprint density at radius 2 is 1.11 bits per heavy atom. The molecule has 0 aliphatic heterocycles. The van der Waals surface area contributed by atoms with Gasteiger partial charge in [-0.2, -0.15) is 0 Å². The quantitative estimate of drug-likeness (QED) is 0.183. The first kappa shape index (κ1) is 28.8. The summed E-state index contributed by atoms with van der Waals surface area (Å²) in [6.45, 7) is 7.10. The highest BCUT2D eigenvalue weighted by Crippen LogP contribution is 2.42. The zero-order chi connectivity index (χ0) is 28.0. The molecule has 0 N–H and O–H groups in total. The second-order valence-corrected chi connectivity index (χ2v) is 10.5. The molecule has 0 spiro atoms. The molecule has 0 unspecified atom stereocenters. The van der Waals surface area contributed by atoms with Gasteiger partial charge >= 0.3 is 5.97 Å². The van der Waals surface area contributed by atoms with E-state index in [2.05, 4.69) is 0 Å². The van der Waals surface area contributed by atoms with E-state index in [1.807, 2.05) is 84.9 Å². The minimum absolute atomic E-state index is 0.301. The molecule has 38 heavy (non-hydrogen) atoms. The van der Waals surface area contributed by atoms with Crippen molar-refractivity contribution >= 4 is 17.5 Å². The molecule has 0 aliphatic rings. The monoisotopic (exact) mass is 516 g/mol. The van der Waals surface area contributed by atoms with Crippen LogP contribution in [0.3, 0.4) is 0 Å². The van der Waals surface area contributed by atoms with Crippen molar-refractivity contribution in [3.05, 3.63) is 102 Å². The summed E-state index contributed by atoms with van der Waals surface area (Å²) in [5, 5.41) is 0. The standard InChI is InChI=1S/C32H36O6/c1-23(33)31(24(2)34,21-37-29(35)30(3,4)5)22-38-32(25-13-9-7-10-14-25,26-15-11-8-12-16-26)27-17-19-28(36-6)20-18-27/h7-20H,21-22H2,1-6H3. The van der Waals surface area contributed by atoms with E-state index in [0.717, 1.165) is 16.7 Å². The van der Waals surface area contributed by atoms with Gasteiger partial charge < -0.3 is 14.2 Å². The minimum atomic E-state index is -1.68. The van der Waals surface area contributed by atoms with Gasteiger partial charge in [-0.25, -0.2) is 0 Å². The van der Waals surface area contributed by atoms with Gasteiger partial charge in [-0.3, -0.25) is 14.4 Å². The topological polar surface area (TPSA) is 78.9 Å². The van der Waals surface area contributed by atoms with Crippen LogP contribution >= 0.6 is 0 Å². The van der Waals surface area contributed by atoms with Gasteiger partial charge in [-0.15, -0.1) is 0 Å². The number of hydrogen-bond donors (Lipinski definition) is 0. The van der Waals surface area contributed by atoms with Crippen LogP contribution in [-0.4, -0.2) is 37.9 Å². The molecule has 0 bridgehead atoms. The van der Waals surface area contributed by atoms with Crippen LogP contribution in [0.15, 0.2) is 84.9 Å². The fraction of sp³-hybridized carbons (Fsp3) is 0.344. The number of benzene rings is 3. The molecule has 6 heteroatoms. The molecular formula is C32H36O6. The van der Waals surface area contributed by atoms with Gasteiger partial charge in [0.1, 0.15) is 34.9 Å². The Labute approximate surface area is 224 Å². The average molecular weight is 517 g/mol. The summed E-state index contributed by atoms with van der Waals surface area (Å²) in [7, 11) is 1.60. The zero-order valence-corrected chi connectivity index (χ0v) is 22.9. The lowest BCUT2D eigenvalue weighted by Crippen LogP contribution is -2.49. The second-order valence-electron chi connectivity index (χ2n) is 10.5. The highest BCUT2D eigenvalue weighted by atomic mass is 16.5. The Kier molecular flexibility index (Phi) is 8.89. The van der Waals surface area contributed by atoms with Crippen LogP contribution in [0.1, 0.15) is 51.3 Å². The van der Waals surface area contributed by atoms with Gasteiger partial charge in [0.25, 0.3) is 0 Å². The largest absolute Gasteiger partial charge is 0.497 e. The van der Waals surface area contributed by atoms with Crippen molar-refractivity contribution in [2.45, 2.75) is 40.2 Å². The maximum absolute atomic E-state index is 13.1. The molecule has 0 fully saturated rings. The van der Waals surface area contributed by atoms with Gasteiger partial charge in [-0.1, -0.05) is 72.8 Å². The van der Waals surface area contributed by atoms with Crippen LogP contribution in [0, 0.1) is 10.8 Å². The molecule has 0 saturated carbocycles. The number of carbonyl (C=O) groups excluding carboxylic acids is 3. The van der Waals surface area contributed by atoms with Crippen molar-refractivity contribution in [1.29, 1.82) is 0 Å². The number of hydrogen-bond acceptors (Lipinski definition) is 6. The molecule has 3 aromatic carbocycles. The van der Waals surface area contributed by atoms with Gasteiger partial charge in [0.15, 0.2) is 0 Å². The molecule has 0 aliphatic carbocycles. The average Bonchev–Trinajstić information content (AvgIpc) is 2.91. The summed E-state index contributed by atoms with van der Waals surface area (Å²) in [5.41, 5.74) is -1.25. The highest BCUT2D eigenvalue weighted by molar-refractivity contribution is 6.05. The van der Waals surface area contributed by atoms with Crippen LogP contribution in [0.4, 0.5) is 0 Å².